The van der Waals surface area contributed by atoms with Gasteiger partial charge in [0.15, 0.2) is 0 Å². The largest absolute Gasteiger partial charge is 0.399 e. The van der Waals surface area contributed by atoms with Crippen molar-refractivity contribution in [3.05, 3.63) is 41.6 Å². The van der Waals surface area contributed by atoms with E-state index in [1.54, 1.807) is 6.20 Å². The normalized spacial score (nSPS) is 15.9. The fourth-order valence-corrected chi connectivity index (χ4v) is 3.99. The molecule has 0 spiro atoms. The summed E-state index contributed by atoms with van der Waals surface area (Å²) in [5.74, 6) is 0. The minimum atomic E-state index is 0.436. The number of rotatable bonds is 2. The lowest BCUT2D eigenvalue weighted by atomic mass is 9.94. The SMILES string of the molecule is Nc1ccc(-c2c(N)c3ncc(Cl)cc3n2C2CCCCC2)cc1. The van der Waals surface area contributed by atoms with Crippen LogP contribution in [0.4, 0.5) is 11.4 Å². The second kappa shape index (κ2) is 6.02. The van der Waals surface area contributed by atoms with Gasteiger partial charge in [-0.2, -0.15) is 0 Å². The Kier molecular flexibility index (Phi) is 3.85. The van der Waals surface area contributed by atoms with Crippen molar-refractivity contribution < 1.29 is 0 Å². The van der Waals surface area contributed by atoms with Crippen LogP contribution in [0.5, 0.6) is 0 Å². The van der Waals surface area contributed by atoms with Crippen LogP contribution in [0.3, 0.4) is 0 Å². The van der Waals surface area contributed by atoms with E-state index >= 15 is 0 Å². The fraction of sp³-hybridized carbons (Fsp3) is 0.316. The number of anilines is 2. The van der Waals surface area contributed by atoms with Gasteiger partial charge in [0.1, 0.15) is 5.52 Å². The van der Waals surface area contributed by atoms with E-state index in [1.807, 2.05) is 30.3 Å². The van der Waals surface area contributed by atoms with E-state index in [2.05, 4.69) is 9.55 Å². The molecule has 4 N–H and O–H groups in total. The van der Waals surface area contributed by atoms with Gasteiger partial charge in [0.25, 0.3) is 0 Å². The van der Waals surface area contributed by atoms with Crippen molar-refractivity contribution in [1.29, 1.82) is 0 Å². The van der Waals surface area contributed by atoms with Crippen molar-refractivity contribution in [2.24, 2.45) is 0 Å². The number of benzene rings is 1. The number of aromatic nitrogens is 2. The molecule has 1 fully saturated rings. The van der Waals surface area contributed by atoms with Crippen LogP contribution in [0.25, 0.3) is 22.3 Å². The standard InChI is InChI=1S/C19H21ClN4/c20-13-10-16-18(23-11-13)17(22)19(12-6-8-14(21)9-7-12)24(16)15-4-2-1-3-5-15/h6-11,15H,1-5,21-22H2. The number of nitrogens with zero attached hydrogens (tertiary/aromatic N) is 2. The Balaban J connectivity index is 1.99. The first kappa shape index (κ1) is 15.3. The molecule has 0 unspecified atom stereocenters. The number of hydrogen-bond acceptors (Lipinski definition) is 3. The van der Waals surface area contributed by atoms with Crippen molar-refractivity contribution in [3.8, 4) is 11.3 Å². The molecule has 0 saturated heterocycles. The minimum absolute atomic E-state index is 0.436. The number of nitrogen functional groups attached to an aromatic ring is 2. The van der Waals surface area contributed by atoms with E-state index < -0.39 is 0 Å². The molecule has 0 aliphatic heterocycles. The minimum Gasteiger partial charge on any atom is -0.399 e. The summed E-state index contributed by atoms with van der Waals surface area (Å²) in [5.41, 5.74) is 17.8. The second-order valence-electron chi connectivity index (χ2n) is 6.57. The highest BCUT2D eigenvalue weighted by Crippen LogP contribution is 2.42. The summed E-state index contributed by atoms with van der Waals surface area (Å²) >= 11 is 6.22. The smallest absolute Gasteiger partial charge is 0.112 e. The van der Waals surface area contributed by atoms with Crippen molar-refractivity contribution >= 4 is 34.0 Å². The molecule has 1 aliphatic rings. The molecule has 0 radical (unpaired) electrons. The fourth-order valence-electron chi connectivity index (χ4n) is 3.84. The zero-order chi connectivity index (χ0) is 16.7. The Bertz CT molecular complexity index is 877. The van der Waals surface area contributed by atoms with Gasteiger partial charge in [-0.05, 0) is 31.0 Å². The number of pyridine rings is 1. The average Bonchev–Trinajstić information content (AvgIpc) is 2.88. The summed E-state index contributed by atoms with van der Waals surface area (Å²) in [6.07, 6.45) is 7.80. The molecule has 0 bridgehead atoms. The summed E-state index contributed by atoms with van der Waals surface area (Å²) in [5, 5.41) is 0.640. The molecule has 2 aromatic heterocycles. The zero-order valence-corrected chi connectivity index (χ0v) is 14.3. The van der Waals surface area contributed by atoms with E-state index in [9.17, 15) is 0 Å². The van der Waals surface area contributed by atoms with E-state index in [0.29, 0.717) is 11.1 Å². The molecule has 1 aliphatic carbocycles. The van der Waals surface area contributed by atoms with Gasteiger partial charge in [-0.1, -0.05) is 43.0 Å². The summed E-state index contributed by atoms with van der Waals surface area (Å²) in [4.78, 5) is 4.50. The van der Waals surface area contributed by atoms with Crippen molar-refractivity contribution in [1.82, 2.24) is 9.55 Å². The Hall–Kier alpha value is -2.20. The van der Waals surface area contributed by atoms with Crippen molar-refractivity contribution in [3.63, 3.8) is 0 Å². The highest BCUT2D eigenvalue weighted by atomic mass is 35.5. The molecule has 0 atom stereocenters. The maximum Gasteiger partial charge on any atom is 0.112 e. The summed E-state index contributed by atoms with van der Waals surface area (Å²) in [7, 11) is 0. The van der Waals surface area contributed by atoms with E-state index in [-0.39, 0.29) is 0 Å². The molecule has 4 nitrogen and oxygen atoms in total. The van der Waals surface area contributed by atoms with Gasteiger partial charge in [-0.25, -0.2) is 0 Å². The lowest BCUT2D eigenvalue weighted by Crippen LogP contribution is -2.14. The predicted octanol–water partition coefficient (Wildman–Crippen LogP) is 5.03. The molecule has 124 valence electrons. The van der Waals surface area contributed by atoms with Gasteiger partial charge < -0.3 is 16.0 Å². The maximum atomic E-state index is 6.51. The Morgan fingerprint density at radius 1 is 1.04 bits per heavy atom. The topological polar surface area (TPSA) is 69.9 Å². The number of nitrogens with two attached hydrogens (primary N) is 2. The van der Waals surface area contributed by atoms with Crippen LogP contribution in [0.2, 0.25) is 5.02 Å². The van der Waals surface area contributed by atoms with Gasteiger partial charge >= 0.3 is 0 Å². The molecule has 1 saturated carbocycles. The van der Waals surface area contributed by atoms with E-state index in [4.69, 9.17) is 23.1 Å². The summed E-state index contributed by atoms with van der Waals surface area (Å²) in [6.45, 7) is 0. The van der Waals surface area contributed by atoms with Crippen LogP contribution < -0.4 is 11.5 Å². The third kappa shape index (κ3) is 2.51. The molecule has 24 heavy (non-hydrogen) atoms. The van der Waals surface area contributed by atoms with Crippen LogP contribution in [0.15, 0.2) is 36.5 Å². The van der Waals surface area contributed by atoms with Gasteiger partial charge in [-0.3, -0.25) is 4.98 Å². The summed E-state index contributed by atoms with van der Waals surface area (Å²) in [6, 6.07) is 10.3. The highest BCUT2D eigenvalue weighted by molar-refractivity contribution is 6.31. The predicted molar refractivity (Wildman–Crippen MR) is 101 cm³/mol. The first-order valence-corrected chi connectivity index (χ1v) is 8.84. The maximum absolute atomic E-state index is 6.51. The van der Waals surface area contributed by atoms with Crippen molar-refractivity contribution in [2.45, 2.75) is 38.1 Å². The Labute approximate surface area is 146 Å². The Morgan fingerprint density at radius 3 is 2.46 bits per heavy atom. The van der Waals surface area contributed by atoms with Crippen LogP contribution >= 0.6 is 11.6 Å². The Morgan fingerprint density at radius 2 is 1.75 bits per heavy atom. The highest BCUT2D eigenvalue weighted by Gasteiger charge is 2.25. The first-order valence-electron chi connectivity index (χ1n) is 8.46. The van der Waals surface area contributed by atoms with Crippen LogP contribution in [0, 0.1) is 0 Å². The lowest BCUT2D eigenvalue weighted by Gasteiger charge is -2.26. The zero-order valence-electron chi connectivity index (χ0n) is 13.5. The third-order valence-corrected chi connectivity index (χ3v) is 5.18. The molecule has 4 rings (SSSR count). The van der Waals surface area contributed by atoms with Gasteiger partial charge in [0.05, 0.1) is 21.9 Å². The molecule has 3 aromatic rings. The van der Waals surface area contributed by atoms with Crippen LogP contribution in [-0.2, 0) is 0 Å². The molecule has 2 heterocycles. The van der Waals surface area contributed by atoms with Crippen LogP contribution in [-0.4, -0.2) is 9.55 Å². The molecular formula is C19H21ClN4. The molecule has 0 amide bonds. The number of hydrogen-bond donors (Lipinski definition) is 2. The molecule has 5 heteroatoms. The quantitative estimate of drug-likeness (QED) is 0.643. The summed E-state index contributed by atoms with van der Waals surface area (Å²) < 4.78 is 2.36. The first-order chi connectivity index (χ1) is 11.6. The average molecular weight is 341 g/mol. The van der Waals surface area contributed by atoms with Gasteiger partial charge in [-0.15, -0.1) is 0 Å². The van der Waals surface area contributed by atoms with Crippen molar-refractivity contribution in [2.75, 3.05) is 11.5 Å². The van der Waals surface area contributed by atoms with Gasteiger partial charge in [0.2, 0.25) is 0 Å². The third-order valence-electron chi connectivity index (χ3n) is 4.97. The number of fused-ring (bicyclic) bond motifs is 1. The lowest BCUT2D eigenvalue weighted by molar-refractivity contribution is 0.363. The monoisotopic (exact) mass is 340 g/mol. The van der Waals surface area contributed by atoms with E-state index in [0.717, 1.165) is 46.5 Å². The second-order valence-corrected chi connectivity index (χ2v) is 7.00. The van der Waals surface area contributed by atoms with E-state index in [1.165, 1.54) is 19.3 Å². The molecule has 1 aromatic carbocycles. The molecular weight excluding hydrogens is 320 g/mol. The van der Waals surface area contributed by atoms with Gasteiger partial charge in [0, 0.05) is 23.5 Å². The number of halogens is 1. The van der Waals surface area contributed by atoms with Crippen LogP contribution in [0.1, 0.15) is 38.1 Å².